The summed E-state index contributed by atoms with van der Waals surface area (Å²) in [6.07, 6.45) is 11.4. The van der Waals surface area contributed by atoms with Gasteiger partial charge in [0.25, 0.3) is 0 Å². The van der Waals surface area contributed by atoms with Crippen molar-refractivity contribution in [1.29, 1.82) is 0 Å². The van der Waals surface area contributed by atoms with Crippen molar-refractivity contribution in [2.24, 2.45) is 17.6 Å². The van der Waals surface area contributed by atoms with Crippen molar-refractivity contribution >= 4 is 0 Å². The maximum atomic E-state index is 5.90. The molecular weight excluding hydrogens is 184 g/mol. The zero-order chi connectivity index (χ0) is 10.5. The minimum atomic E-state index is 0.601. The van der Waals surface area contributed by atoms with E-state index in [4.69, 9.17) is 5.73 Å². The van der Waals surface area contributed by atoms with E-state index in [1.807, 2.05) is 0 Å². The van der Waals surface area contributed by atoms with Crippen molar-refractivity contribution in [3.8, 4) is 0 Å². The van der Waals surface area contributed by atoms with Gasteiger partial charge in [0.05, 0.1) is 0 Å². The standard InChI is InChI=1S/C13H26N2/c14-9-13(15-10-11-7-8-11)12-5-3-1-2-4-6-12/h11-13,15H,1-10,14H2. The second-order valence-corrected chi connectivity index (χ2v) is 5.45. The molecule has 0 aromatic carbocycles. The molecule has 1 unspecified atom stereocenters. The predicted octanol–water partition coefficient (Wildman–Crippen LogP) is 2.28. The molecule has 88 valence electrons. The van der Waals surface area contributed by atoms with Crippen LogP contribution in [0.1, 0.15) is 51.4 Å². The highest BCUT2D eigenvalue weighted by atomic mass is 14.9. The lowest BCUT2D eigenvalue weighted by Gasteiger charge is -2.26. The van der Waals surface area contributed by atoms with Crippen LogP contribution < -0.4 is 11.1 Å². The summed E-state index contributed by atoms with van der Waals surface area (Å²) in [6, 6.07) is 0.601. The van der Waals surface area contributed by atoms with Gasteiger partial charge in [-0.3, -0.25) is 0 Å². The zero-order valence-corrected chi connectivity index (χ0v) is 9.88. The number of rotatable bonds is 5. The average molecular weight is 210 g/mol. The lowest BCUT2D eigenvalue weighted by Crippen LogP contribution is -2.43. The van der Waals surface area contributed by atoms with Gasteiger partial charge in [0, 0.05) is 12.6 Å². The average Bonchev–Trinajstić information content (AvgIpc) is 3.05. The number of nitrogens with two attached hydrogens (primary N) is 1. The Morgan fingerprint density at radius 2 is 1.67 bits per heavy atom. The van der Waals surface area contributed by atoms with Crippen LogP contribution in [-0.4, -0.2) is 19.1 Å². The van der Waals surface area contributed by atoms with Crippen molar-refractivity contribution in [3.05, 3.63) is 0 Å². The van der Waals surface area contributed by atoms with Crippen LogP contribution in [-0.2, 0) is 0 Å². The van der Waals surface area contributed by atoms with Crippen LogP contribution in [0.3, 0.4) is 0 Å². The lowest BCUT2D eigenvalue weighted by atomic mass is 9.92. The summed E-state index contributed by atoms with van der Waals surface area (Å²) in [4.78, 5) is 0. The highest BCUT2D eigenvalue weighted by Crippen LogP contribution is 2.29. The molecule has 0 saturated heterocycles. The van der Waals surface area contributed by atoms with Gasteiger partial charge in [-0.15, -0.1) is 0 Å². The second kappa shape index (κ2) is 5.86. The van der Waals surface area contributed by atoms with Crippen molar-refractivity contribution in [2.45, 2.75) is 57.4 Å². The minimum absolute atomic E-state index is 0.601. The van der Waals surface area contributed by atoms with Crippen LogP contribution in [0.25, 0.3) is 0 Å². The van der Waals surface area contributed by atoms with E-state index in [9.17, 15) is 0 Å². The molecular formula is C13H26N2. The highest BCUT2D eigenvalue weighted by molar-refractivity contribution is 4.83. The van der Waals surface area contributed by atoms with Gasteiger partial charge in [-0.2, -0.15) is 0 Å². The second-order valence-electron chi connectivity index (χ2n) is 5.45. The van der Waals surface area contributed by atoms with Gasteiger partial charge in [0.1, 0.15) is 0 Å². The van der Waals surface area contributed by atoms with Gasteiger partial charge < -0.3 is 11.1 Å². The third-order valence-electron chi connectivity index (χ3n) is 4.09. The zero-order valence-electron chi connectivity index (χ0n) is 9.88. The molecule has 0 spiro atoms. The Kier molecular flexibility index (Phi) is 4.45. The molecule has 0 radical (unpaired) electrons. The first-order valence-corrected chi connectivity index (χ1v) is 6.83. The van der Waals surface area contributed by atoms with Gasteiger partial charge in [0.2, 0.25) is 0 Å². The maximum Gasteiger partial charge on any atom is 0.0218 e. The van der Waals surface area contributed by atoms with Crippen LogP contribution in [0, 0.1) is 11.8 Å². The summed E-state index contributed by atoms with van der Waals surface area (Å²) >= 11 is 0. The quantitative estimate of drug-likeness (QED) is 0.683. The Bertz CT molecular complexity index is 169. The summed E-state index contributed by atoms with van der Waals surface area (Å²) in [7, 11) is 0. The fourth-order valence-electron chi connectivity index (χ4n) is 2.80. The summed E-state index contributed by atoms with van der Waals surface area (Å²) < 4.78 is 0. The van der Waals surface area contributed by atoms with E-state index in [2.05, 4.69) is 5.32 Å². The Labute approximate surface area is 94.0 Å². The largest absolute Gasteiger partial charge is 0.329 e. The van der Waals surface area contributed by atoms with E-state index < -0.39 is 0 Å². The predicted molar refractivity (Wildman–Crippen MR) is 64.8 cm³/mol. The molecule has 0 bridgehead atoms. The van der Waals surface area contributed by atoms with E-state index >= 15 is 0 Å². The molecule has 0 amide bonds. The third kappa shape index (κ3) is 3.76. The van der Waals surface area contributed by atoms with Crippen molar-refractivity contribution in [3.63, 3.8) is 0 Å². The number of nitrogens with one attached hydrogen (secondary N) is 1. The molecule has 0 heterocycles. The van der Waals surface area contributed by atoms with E-state index in [1.165, 1.54) is 57.9 Å². The van der Waals surface area contributed by atoms with Crippen molar-refractivity contribution < 1.29 is 0 Å². The fraction of sp³-hybridized carbons (Fsp3) is 1.00. The first kappa shape index (κ1) is 11.4. The van der Waals surface area contributed by atoms with E-state index in [0.29, 0.717) is 6.04 Å². The van der Waals surface area contributed by atoms with E-state index in [-0.39, 0.29) is 0 Å². The molecule has 2 rings (SSSR count). The van der Waals surface area contributed by atoms with Gasteiger partial charge in [-0.25, -0.2) is 0 Å². The Morgan fingerprint density at radius 3 is 2.20 bits per heavy atom. The minimum Gasteiger partial charge on any atom is -0.329 e. The van der Waals surface area contributed by atoms with Crippen LogP contribution in [0.2, 0.25) is 0 Å². The summed E-state index contributed by atoms with van der Waals surface area (Å²) in [5, 5.41) is 3.70. The maximum absolute atomic E-state index is 5.90. The van der Waals surface area contributed by atoms with Gasteiger partial charge in [-0.05, 0) is 44.1 Å². The first-order chi connectivity index (χ1) is 7.40. The molecule has 15 heavy (non-hydrogen) atoms. The SMILES string of the molecule is NCC(NCC1CC1)C1CCCCCC1. The molecule has 2 heteroatoms. The first-order valence-electron chi connectivity index (χ1n) is 6.83. The van der Waals surface area contributed by atoms with Gasteiger partial charge in [-0.1, -0.05) is 25.7 Å². The van der Waals surface area contributed by atoms with Crippen LogP contribution >= 0.6 is 0 Å². The molecule has 2 aliphatic rings. The van der Waals surface area contributed by atoms with Crippen molar-refractivity contribution in [1.82, 2.24) is 5.32 Å². The normalized spacial score (nSPS) is 26.2. The molecule has 0 aromatic heterocycles. The van der Waals surface area contributed by atoms with Gasteiger partial charge in [0.15, 0.2) is 0 Å². The van der Waals surface area contributed by atoms with E-state index in [0.717, 1.165) is 18.4 Å². The monoisotopic (exact) mass is 210 g/mol. The van der Waals surface area contributed by atoms with Crippen LogP contribution in [0.15, 0.2) is 0 Å². The van der Waals surface area contributed by atoms with Crippen LogP contribution in [0.5, 0.6) is 0 Å². The van der Waals surface area contributed by atoms with E-state index in [1.54, 1.807) is 0 Å². The molecule has 1 atom stereocenters. The molecule has 0 aromatic rings. The Hall–Kier alpha value is -0.0800. The summed E-state index contributed by atoms with van der Waals surface area (Å²) in [6.45, 7) is 2.05. The van der Waals surface area contributed by atoms with Crippen molar-refractivity contribution in [2.75, 3.05) is 13.1 Å². The smallest absolute Gasteiger partial charge is 0.0218 e. The number of hydrogen-bond acceptors (Lipinski definition) is 2. The molecule has 2 fully saturated rings. The molecule has 0 aliphatic heterocycles. The Morgan fingerprint density at radius 1 is 1.00 bits per heavy atom. The molecule has 2 nitrogen and oxygen atoms in total. The summed E-state index contributed by atoms with van der Waals surface area (Å²) in [5.74, 6) is 1.83. The van der Waals surface area contributed by atoms with Gasteiger partial charge >= 0.3 is 0 Å². The third-order valence-corrected chi connectivity index (χ3v) is 4.09. The van der Waals surface area contributed by atoms with Crippen LogP contribution in [0.4, 0.5) is 0 Å². The Balaban J connectivity index is 1.74. The molecule has 2 aliphatic carbocycles. The molecule has 3 N–H and O–H groups in total. The lowest BCUT2D eigenvalue weighted by molar-refractivity contribution is 0.321. The molecule has 2 saturated carbocycles. The topological polar surface area (TPSA) is 38.0 Å². The fourth-order valence-corrected chi connectivity index (χ4v) is 2.80. The highest BCUT2D eigenvalue weighted by Gasteiger charge is 2.25. The summed E-state index contributed by atoms with van der Waals surface area (Å²) in [5.41, 5.74) is 5.90. The number of hydrogen-bond donors (Lipinski definition) is 2.